The van der Waals surface area contributed by atoms with Crippen LogP contribution in [0, 0.1) is 19.7 Å². The molecule has 1 amide bonds. The number of nitrogens with zero attached hydrogens (tertiary/aromatic N) is 2. The SMILES string of the molecule is Cc1nn(Cc2ccccc2F)c(C)c1NC(=O)COc1ccc(Cl)cc1. The summed E-state index contributed by atoms with van der Waals surface area (Å²) in [5.74, 6) is -0.0353. The molecule has 0 radical (unpaired) electrons. The molecule has 3 rings (SSSR count). The van der Waals surface area contributed by atoms with E-state index in [2.05, 4.69) is 10.4 Å². The molecule has 27 heavy (non-hydrogen) atoms. The molecule has 0 bridgehead atoms. The summed E-state index contributed by atoms with van der Waals surface area (Å²) in [5, 5.41) is 7.82. The minimum absolute atomic E-state index is 0.140. The number of aryl methyl sites for hydroxylation is 1. The maximum Gasteiger partial charge on any atom is 0.262 e. The van der Waals surface area contributed by atoms with Crippen LogP contribution in [0.5, 0.6) is 5.75 Å². The number of ether oxygens (including phenoxy) is 1. The third-order valence-corrected chi connectivity index (χ3v) is 4.36. The second-order valence-corrected chi connectivity index (χ2v) is 6.52. The monoisotopic (exact) mass is 387 g/mol. The number of anilines is 1. The van der Waals surface area contributed by atoms with Crippen molar-refractivity contribution < 1.29 is 13.9 Å². The highest BCUT2D eigenvalue weighted by Crippen LogP contribution is 2.21. The third kappa shape index (κ3) is 4.65. The van der Waals surface area contributed by atoms with Crippen LogP contribution < -0.4 is 10.1 Å². The van der Waals surface area contributed by atoms with Gasteiger partial charge in [-0.05, 0) is 44.2 Å². The minimum atomic E-state index is -0.304. The fourth-order valence-corrected chi connectivity index (χ4v) is 2.80. The second kappa shape index (κ2) is 8.22. The number of amides is 1. The molecule has 0 saturated carbocycles. The topological polar surface area (TPSA) is 56.2 Å². The summed E-state index contributed by atoms with van der Waals surface area (Å²) in [5.41, 5.74) is 2.54. The van der Waals surface area contributed by atoms with Gasteiger partial charge >= 0.3 is 0 Å². The zero-order valence-corrected chi connectivity index (χ0v) is 15.8. The highest BCUT2D eigenvalue weighted by Gasteiger charge is 2.15. The maximum atomic E-state index is 13.9. The molecule has 1 heterocycles. The smallest absolute Gasteiger partial charge is 0.262 e. The quantitative estimate of drug-likeness (QED) is 0.683. The molecule has 2 aromatic carbocycles. The first-order valence-electron chi connectivity index (χ1n) is 8.39. The Morgan fingerprint density at radius 1 is 1.19 bits per heavy atom. The van der Waals surface area contributed by atoms with Crippen LogP contribution in [-0.4, -0.2) is 22.3 Å². The van der Waals surface area contributed by atoms with Crippen molar-refractivity contribution in [3.8, 4) is 5.75 Å². The molecule has 3 aromatic rings. The number of rotatable bonds is 6. The third-order valence-electron chi connectivity index (χ3n) is 4.11. The van der Waals surface area contributed by atoms with Crippen molar-refractivity contribution in [2.75, 3.05) is 11.9 Å². The number of hydrogen-bond donors (Lipinski definition) is 1. The number of carbonyl (C=O) groups is 1. The summed E-state index contributed by atoms with van der Waals surface area (Å²) in [6.07, 6.45) is 0. The summed E-state index contributed by atoms with van der Waals surface area (Å²) in [4.78, 5) is 12.2. The average molecular weight is 388 g/mol. The molecule has 140 valence electrons. The molecule has 0 aliphatic heterocycles. The molecule has 0 saturated heterocycles. The van der Waals surface area contributed by atoms with Crippen LogP contribution in [0.3, 0.4) is 0 Å². The van der Waals surface area contributed by atoms with Gasteiger partial charge in [-0.1, -0.05) is 29.8 Å². The van der Waals surface area contributed by atoms with E-state index in [9.17, 15) is 9.18 Å². The maximum absolute atomic E-state index is 13.9. The summed E-state index contributed by atoms with van der Waals surface area (Å²) < 4.78 is 21.0. The lowest BCUT2D eigenvalue weighted by atomic mass is 10.2. The Kier molecular flexibility index (Phi) is 5.76. The second-order valence-electron chi connectivity index (χ2n) is 6.09. The summed E-state index contributed by atoms with van der Waals surface area (Å²) >= 11 is 5.82. The van der Waals surface area contributed by atoms with E-state index in [0.29, 0.717) is 27.7 Å². The fourth-order valence-electron chi connectivity index (χ4n) is 2.67. The first-order valence-corrected chi connectivity index (χ1v) is 8.77. The summed E-state index contributed by atoms with van der Waals surface area (Å²) in [6, 6.07) is 13.3. The van der Waals surface area contributed by atoms with Crippen molar-refractivity contribution in [2.45, 2.75) is 20.4 Å². The van der Waals surface area contributed by atoms with Gasteiger partial charge in [0.15, 0.2) is 6.61 Å². The molecular formula is C20H19ClFN3O2. The van der Waals surface area contributed by atoms with Crippen LogP contribution in [0.1, 0.15) is 17.0 Å². The molecule has 1 aromatic heterocycles. The Hall–Kier alpha value is -2.86. The number of benzene rings is 2. The molecule has 0 spiro atoms. The van der Waals surface area contributed by atoms with Gasteiger partial charge in [0.05, 0.1) is 23.6 Å². The van der Waals surface area contributed by atoms with E-state index in [1.165, 1.54) is 6.07 Å². The van der Waals surface area contributed by atoms with Gasteiger partial charge in [0, 0.05) is 10.6 Å². The van der Waals surface area contributed by atoms with Gasteiger partial charge in [0.2, 0.25) is 0 Å². The van der Waals surface area contributed by atoms with E-state index in [1.807, 2.05) is 6.92 Å². The van der Waals surface area contributed by atoms with Gasteiger partial charge in [-0.2, -0.15) is 5.10 Å². The molecule has 0 unspecified atom stereocenters. The standard InChI is InChI=1S/C20H19ClFN3O2/c1-13-20(23-19(26)12-27-17-9-7-16(21)8-10-17)14(2)25(24-13)11-15-5-3-4-6-18(15)22/h3-10H,11-12H2,1-2H3,(H,23,26). The first-order chi connectivity index (χ1) is 12.9. The highest BCUT2D eigenvalue weighted by molar-refractivity contribution is 6.30. The number of halogens is 2. The van der Waals surface area contributed by atoms with Crippen LogP contribution in [-0.2, 0) is 11.3 Å². The average Bonchev–Trinajstić information content (AvgIpc) is 2.90. The summed E-state index contributed by atoms with van der Waals surface area (Å²) in [7, 11) is 0. The van der Waals surface area contributed by atoms with Crippen molar-refractivity contribution in [2.24, 2.45) is 0 Å². The normalized spacial score (nSPS) is 10.7. The Balaban J connectivity index is 1.66. The molecule has 7 heteroatoms. The number of nitrogens with one attached hydrogen (secondary N) is 1. The van der Waals surface area contributed by atoms with Gasteiger partial charge in [-0.3, -0.25) is 9.48 Å². The van der Waals surface area contributed by atoms with Crippen LogP contribution in [0.15, 0.2) is 48.5 Å². The van der Waals surface area contributed by atoms with Crippen molar-refractivity contribution >= 4 is 23.2 Å². The number of hydrogen-bond acceptors (Lipinski definition) is 3. The Bertz CT molecular complexity index is 954. The summed E-state index contributed by atoms with van der Waals surface area (Å²) in [6.45, 7) is 3.77. The lowest BCUT2D eigenvalue weighted by molar-refractivity contribution is -0.118. The Morgan fingerprint density at radius 3 is 2.59 bits per heavy atom. The number of aromatic nitrogens is 2. The fraction of sp³-hybridized carbons (Fsp3) is 0.200. The van der Waals surface area contributed by atoms with Gasteiger partial charge < -0.3 is 10.1 Å². The number of carbonyl (C=O) groups excluding carboxylic acids is 1. The van der Waals surface area contributed by atoms with Crippen LogP contribution in [0.2, 0.25) is 5.02 Å². The molecule has 0 aliphatic carbocycles. The van der Waals surface area contributed by atoms with E-state index in [1.54, 1.807) is 54.1 Å². The largest absolute Gasteiger partial charge is 0.484 e. The van der Waals surface area contributed by atoms with E-state index in [-0.39, 0.29) is 24.9 Å². The van der Waals surface area contributed by atoms with E-state index in [0.717, 1.165) is 5.69 Å². The minimum Gasteiger partial charge on any atom is -0.484 e. The highest BCUT2D eigenvalue weighted by atomic mass is 35.5. The van der Waals surface area contributed by atoms with Crippen molar-refractivity contribution in [1.29, 1.82) is 0 Å². The van der Waals surface area contributed by atoms with E-state index >= 15 is 0 Å². The lowest BCUT2D eigenvalue weighted by Gasteiger charge is -2.09. The molecule has 0 atom stereocenters. The van der Waals surface area contributed by atoms with Crippen LogP contribution in [0.4, 0.5) is 10.1 Å². The zero-order valence-electron chi connectivity index (χ0n) is 15.0. The van der Waals surface area contributed by atoms with Gasteiger partial charge in [0.25, 0.3) is 5.91 Å². The van der Waals surface area contributed by atoms with Gasteiger partial charge in [-0.15, -0.1) is 0 Å². The molecule has 1 N–H and O–H groups in total. The Labute approximate surface area is 161 Å². The van der Waals surface area contributed by atoms with Crippen LogP contribution in [0.25, 0.3) is 0 Å². The van der Waals surface area contributed by atoms with Crippen LogP contribution >= 0.6 is 11.6 Å². The molecule has 0 aliphatic rings. The van der Waals surface area contributed by atoms with E-state index in [4.69, 9.17) is 16.3 Å². The van der Waals surface area contributed by atoms with Crippen molar-refractivity contribution in [3.05, 3.63) is 76.3 Å². The first kappa shape index (κ1) is 18.9. The lowest BCUT2D eigenvalue weighted by Crippen LogP contribution is -2.21. The van der Waals surface area contributed by atoms with Gasteiger partial charge in [-0.25, -0.2) is 4.39 Å². The zero-order chi connectivity index (χ0) is 19.4. The predicted octanol–water partition coefficient (Wildman–Crippen LogP) is 4.36. The molecule has 0 fully saturated rings. The van der Waals surface area contributed by atoms with Gasteiger partial charge in [0.1, 0.15) is 11.6 Å². The molecule has 5 nitrogen and oxygen atoms in total. The predicted molar refractivity (Wildman–Crippen MR) is 103 cm³/mol. The van der Waals surface area contributed by atoms with E-state index < -0.39 is 0 Å². The molecular weight excluding hydrogens is 369 g/mol. The van der Waals surface area contributed by atoms with Crippen molar-refractivity contribution in [1.82, 2.24) is 9.78 Å². The van der Waals surface area contributed by atoms with Crippen molar-refractivity contribution in [3.63, 3.8) is 0 Å². The Morgan fingerprint density at radius 2 is 1.89 bits per heavy atom.